The van der Waals surface area contributed by atoms with Crippen molar-refractivity contribution in [2.24, 2.45) is 0 Å². The van der Waals surface area contributed by atoms with E-state index in [1.165, 1.54) is 10.8 Å². The quantitative estimate of drug-likeness (QED) is 0.184. The zero-order valence-corrected chi connectivity index (χ0v) is 29.2. The summed E-state index contributed by atoms with van der Waals surface area (Å²) in [7, 11) is 0. The molecule has 0 amide bonds. The van der Waals surface area contributed by atoms with E-state index in [1.54, 1.807) is 0 Å². The maximum absolute atomic E-state index is 6.68. The van der Waals surface area contributed by atoms with Crippen molar-refractivity contribution in [2.75, 3.05) is 0 Å². The highest BCUT2D eigenvalue weighted by atomic mass is 16.3. The molecular formula is C50H27N3O2. The van der Waals surface area contributed by atoms with E-state index in [9.17, 15) is 0 Å². The van der Waals surface area contributed by atoms with Gasteiger partial charge in [0.05, 0.1) is 16.7 Å². The van der Waals surface area contributed by atoms with Gasteiger partial charge in [0, 0.05) is 43.4 Å². The topological polar surface area (TPSA) is 57.0 Å². The molecule has 0 radical (unpaired) electrons. The van der Waals surface area contributed by atoms with Crippen LogP contribution in [0, 0.1) is 0 Å². The Morgan fingerprint density at radius 2 is 0.964 bits per heavy atom. The third-order valence-electron chi connectivity index (χ3n) is 11.6. The number of benzene rings is 9. The molecule has 0 aliphatic carbocycles. The SMILES string of the molecule is c1ccc2c(-c3nc(-c4cccc5c(-n6c7ccc8cccc9oc%10cccc%11ccc6c(c%11%10)c7c89)cccc45)nc4c3oc3ccccc34)cccc2c1. The Hall–Kier alpha value is -7.50. The fraction of sp³-hybridized carbons (Fsp3) is 0. The highest BCUT2D eigenvalue weighted by Gasteiger charge is 2.24. The second-order valence-corrected chi connectivity index (χ2v) is 14.4. The minimum Gasteiger partial charge on any atom is -0.456 e. The number of para-hydroxylation sites is 1. The van der Waals surface area contributed by atoms with Crippen LogP contribution in [0.15, 0.2) is 173 Å². The lowest BCUT2D eigenvalue weighted by atomic mass is 10.00. The summed E-state index contributed by atoms with van der Waals surface area (Å²) in [5.74, 6) is 0.657. The van der Waals surface area contributed by atoms with Gasteiger partial charge in [0.1, 0.15) is 28.0 Å². The molecule has 13 aromatic rings. The van der Waals surface area contributed by atoms with Crippen molar-refractivity contribution < 1.29 is 8.83 Å². The summed E-state index contributed by atoms with van der Waals surface area (Å²) in [6.07, 6.45) is 0. The number of furan rings is 1. The van der Waals surface area contributed by atoms with Crippen LogP contribution in [-0.2, 0) is 0 Å². The van der Waals surface area contributed by atoms with Crippen LogP contribution in [0.4, 0.5) is 0 Å². The second kappa shape index (κ2) is 10.6. The monoisotopic (exact) mass is 701 g/mol. The molecular weight excluding hydrogens is 675 g/mol. The van der Waals surface area contributed by atoms with E-state index in [0.717, 1.165) is 104 Å². The van der Waals surface area contributed by atoms with Gasteiger partial charge in [0.25, 0.3) is 0 Å². The van der Waals surface area contributed by atoms with Gasteiger partial charge in [-0.3, -0.25) is 0 Å². The van der Waals surface area contributed by atoms with Crippen molar-refractivity contribution >= 4 is 98.1 Å². The van der Waals surface area contributed by atoms with E-state index < -0.39 is 0 Å². The summed E-state index contributed by atoms with van der Waals surface area (Å²) in [6.45, 7) is 0. The molecule has 13 rings (SSSR count). The first-order chi connectivity index (χ1) is 27.3. The van der Waals surface area contributed by atoms with Gasteiger partial charge >= 0.3 is 0 Å². The summed E-state index contributed by atoms with van der Waals surface area (Å²) in [5, 5.41) is 12.5. The molecule has 0 atom stereocenters. The molecule has 55 heavy (non-hydrogen) atoms. The highest BCUT2D eigenvalue weighted by molar-refractivity contribution is 6.34. The zero-order valence-electron chi connectivity index (χ0n) is 29.2. The molecule has 0 spiro atoms. The average Bonchev–Trinajstić information content (AvgIpc) is 3.74. The average molecular weight is 702 g/mol. The van der Waals surface area contributed by atoms with Crippen molar-refractivity contribution in [3.05, 3.63) is 164 Å². The van der Waals surface area contributed by atoms with Crippen LogP contribution in [0.2, 0.25) is 0 Å². The van der Waals surface area contributed by atoms with Gasteiger partial charge in [-0.25, -0.2) is 9.97 Å². The molecule has 0 saturated heterocycles. The Bertz CT molecular complexity index is 3630. The molecule has 0 bridgehead atoms. The van der Waals surface area contributed by atoms with Gasteiger partial charge in [0.2, 0.25) is 0 Å². The molecule has 0 saturated carbocycles. The number of rotatable bonds is 3. The van der Waals surface area contributed by atoms with E-state index in [-0.39, 0.29) is 0 Å². The predicted molar refractivity (Wildman–Crippen MR) is 226 cm³/mol. The first-order valence-corrected chi connectivity index (χ1v) is 18.6. The van der Waals surface area contributed by atoms with E-state index in [4.69, 9.17) is 18.8 Å². The van der Waals surface area contributed by atoms with Crippen LogP contribution in [-0.4, -0.2) is 14.5 Å². The molecule has 0 N–H and O–H groups in total. The van der Waals surface area contributed by atoms with E-state index in [2.05, 4.69) is 150 Å². The Labute approximate surface area is 312 Å². The molecule has 0 fully saturated rings. The van der Waals surface area contributed by atoms with E-state index in [0.29, 0.717) is 11.4 Å². The first kappa shape index (κ1) is 29.0. The number of nitrogens with zero attached hydrogens (tertiary/aromatic N) is 3. The predicted octanol–water partition coefficient (Wildman–Crippen LogP) is 13.6. The maximum atomic E-state index is 6.68. The molecule has 4 aromatic heterocycles. The maximum Gasteiger partial charge on any atom is 0.180 e. The van der Waals surface area contributed by atoms with Gasteiger partial charge in [0.15, 0.2) is 11.4 Å². The van der Waals surface area contributed by atoms with Gasteiger partial charge in [-0.05, 0) is 69.4 Å². The fourth-order valence-corrected chi connectivity index (χ4v) is 9.24. The zero-order chi connectivity index (χ0) is 35.8. The Kier molecular flexibility index (Phi) is 5.57. The van der Waals surface area contributed by atoms with Gasteiger partial charge in [-0.2, -0.15) is 0 Å². The van der Waals surface area contributed by atoms with Crippen molar-refractivity contribution in [1.29, 1.82) is 0 Å². The first-order valence-electron chi connectivity index (χ1n) is 18.6. The summed E-state index contributed by atoms with van der Waals surface area (Å²) < 4.78 is 15.7. The lowest BCUT2D eigenvalue weighted by molar-refractivity contribution is 0.664. The number of fused-ring (bicyclic) bond motifs is 5. The van der Waals surface area contributed by atoms with E-state index >= 15 is 0 Å². The largest absolute Gasteiger partial charge is 0.456 e. The fourth-order valence-electron chi connectivity index (χ4n) is 9.24. The number of aromatic nitrogens is 3. The number of hydrogen-bond donors (Lipinski definition) is 0. The van der Waals surface area contributed by atoms with E-state index in [1.807, 2.05) is 18.2 Å². The molecule has 4 heterocycles. The highest BCUT2D eigenvalue weighted by Crippen LogP contribution is 2.46. The molecule has 5 heteroatoms. The third kappa shape index (κ3) is 3.86. The van der Waals surface area contributed by atoms with Crippen LogP contribution in [0.3, 0.4) is 0 Å². The van der Waals surface area contributed by atoms with Gasteiger partial charge in [-0.1, -0.05) is 121 Å². The molecule has 254 valence electrons. The molecule has 5 nitrogen and oxygen atoms in total. The van der Waals surface area contributed by atoms with Crippen LogP contribution in [0.5, 0.6) is 0 Å². The minimum atomic E-state index is 0.657. The van der Waals surface area contributed by atoms with Crippen LogP contribution >= 0.6 is 0 Å². The Morgan fingerprint density at radius 1 is 0.382 bits per heavy atom. The normalized spacial score (nSPS) is 12.4. The van der Waals surface area contributed by atoms with Gasteiger partial charge < -0.3 is 13.4 Å². The van der Waals surface area contributed by atoms with Crippen molar-refractivity contribution in [3.63, 3.8) is 0 Å². The molecule has 0 aliphatic rings. The Morgan fingerprint density at radius 3 is 1.76 bits per heavy atom. The van der Waals surface area contributed by atoms with Gasteiger partial charge in [-0.15, -0.1) is 0 Å². The summed E-state index contributed by atoms with van der Waals surface area (Å²) in [4.78, 5) is 10.7. The standard InChI is InChI=1S/C50H27N3O2/c1-2-14-31-28(10-1)11-5-18-34(31)47-49-48(36-15-3-4-21-40(36)55-49)52-50(51-47)35-19-8-17-33-32(35)16-9-20-37(33)53-38-26-24-29-12-6-22-41-43(29)45(38)46-39(53)27-25-30-13-7-23-42(54-41)44(30)46/h1-27H. The third-order valence-corrected chi connectivity index (χ3v) is 11.6. The smallest absolute Gasteiger partial charge is 0.180 e. The van der Waals surface area contributed by atoms with Crippen LogP contribution < -0.4 is 0 Å². The molecule has 0 unspecified atom stereocenters. The minimum absolute atomic E-state index is 0.657. The summed E-state index contributed by atoms with van der Waals surface area (Å²) in [5.41, 5.74) is 10.2. The van der Waals surface area contributed by atoms with Crippen LogP contribution in [0.25, 0.3) is 126 Å². The second-order valence-electron chi connectivity index (χ2n) is 14.4. The molecule has 0 aliphatic heterocycles. The van der Waals surface area contributed by atoms with Crippen LogP contribution in [0.1, 0.15) is 0 Å². The summed E-state index contributed by atoms with van der Waals surface area (Å²) >= 11 is 0. The number of hydrogen-bond acceptors (Lipinski definition) is 4. The van der Waals surface area contributed by atoms with Crippen molar-refractivity contribution in [1.82, 2.24) is 14.5 Å². The lowest BCUT2D eigenvalue weighted by Gasteiger charge is -2.15. The summed E-state index contributed by atoms with van der Waals surface area (Å²) in [6, 6.07) is 57.7. The Balaban J connectivity index is 1.13. The van der Waals surface area contributed by atoms with Crippen molar-refractivity contribution in [3.8, 4) is 28.3 Å². The molecule has 9 aromatic carbocycles. The van der Waals surface area contributed by atoms with Crippen molar-refractivity contribution in [2.45, 2.75) is 0 Å². The lowest BCUT2D eigenvalue weighted by Crippen LogP contribution is -1.98.